The zero-order chi connectivity index (χ0) is 17.4. The lowest BCUT2D eigenvalue weighted by Gasteiger charge is -2.22. The molecule has 5 nitrogen and oxygen atoms in total. The number of carbonyl (C=O) groups excluding carboxylic acids is 1. The minimum Gasteiger partial charge on any atom is -0.480 e. The summed E-state index contributed by atoms with van der Waals surface area (Å²) >= 11 is 5.87. The van der Waals surface area contributed by atoms with Crippen molar-refractivity contribution in [2.75, 3.05) is 6.54 Å². The highest BCUT2D eigenvalue weighted by Gasteiger charge is 2.24. The molecule has 0 aliphatic heterocycles. The molecule has 23 heavy (non-hydrogen) atoms. The summed E-state index contributed by atoms with van der Waals surface area (Å²) in [5, 5.41) is 15.6. The number of nitrogens with one attached hydrogen (secondary N) is 2. The fourth-order valence-corrected chi connectivity index (χ4v) is 2.46. The zero-order valence-electron chi connectivity index (χ0n) is 13.8. The monoisotopic (exact) mass is 340 g/mol. The number of benzene rings is 1. The Morgan fingerprint density at radius 2 is 1.78 bits per heavy atom. The fraction of sp³-hybridized carbons (Fsp3) is 0.529. The lowest BCUT2D eigenvalue weighted by atomic mass is 9.99. The van der Waals surface area contributed by atoms with Gasteiger partial charge < -0.3 is 10.4 Å². The van der Waals surface area contributed by atoms with Crippen LogP contribution in [0.5, 0.6) is 0 Å². The molecular formula is C17H25ClN2O3. The minimum atomic E-state index is -0.933. The number of hydrogen-bond donors (Lipinski definition) is 3. The van der Waals surface area contributed by atoms with Crippen LogP contribution in [-0.4, -0.2) is 29.6 Å². The predicted molar refractivity (Wildman–Crippen MR) is 91.5 cm³/mol. The van der Waals surface area contributed by atoms with Gasteiger partial charge in [-0.1, -0.05) is 50.9 Å². The maximum Gasteiger partial charge on any atom is 0.320 e. The number of carboxylic acid groups (broad SMARTS) is 1. The number of amides is 1. The lowest BCUT2D eigenvalue weighted by Crippen LogP contribution is -2.46. The second kappa shape index (κ2) is 9.53. The van der Waals surface area contributed by atoms with Gasteiger partial charge in [0.25, 0.3) is 0 Å². The van der Waals surface area contributed by atoms with Crippen LogP contribution in [0.25, 0.3) is 0 Å². The van der Waals surface area contributed by atoms with Crippen molar-refractivity contribution in [1.82, 2.24) is 10.6 Å². The molecular weight excluding hydrogens is 316 g/mol. The van der Waals surface area contributed by atoms with Gasteiger partial charge in [-0.25, -0.2) is 0 Å². The molecule has 0 saturated carbocycles. The lowest BCUT2D eigenvalue weighted by molar-refractivity contribution is -0.141. The van der Waals surface area contributed by atoms with E-state index in [-0.39, 0.29) is 24.4 Å². The molecule has 0 heterocycles. The Balaban J connectivity index is 2.60. The first kappa shape index (κ1) is 19.5. The molecule has 3 atom stereocenters. The average Bonchev–Trinajstić information content (AvgIpc) is 2.53. The third-order valence-corrected chi connectivity index (χ3v) is 4.23. The van der Waals surface area contributed by atoms with Crippen LogP contribution in [0.2, 0.25) is 5.02 Å². The van der Waals surface area contributed by atoms with Gasteiger partial charge in [0.1, 0.15) is 6.04 Å². The highest BCUT2D eigenvalue weighted by atomic mass is 35.5. The SMILES string of the molecule is CCC(NC(=O)CN[C@H](C(=O)O)[C@@H](C)CC)c1ccc(Cl)cc1. The average molecular weight is 341 g/mol. The van der Waals surface area contributed by atoms with Gasteiger partial charge in [-0.15, -0.1) is 0 Å². The topological polar surface area (TPSA) is 78.4 Å². The minimum absolute atomic E-state index is 0.0224. The Kier molecular flexibility index (Phi) is 8.06. The zero-order valence-corrected chi connectivity index (χ0v) is 14.6. The van der Waals surface area contributed by atoms with Crippen LogP contribution in [0.3, 0.4) is 0 Å². The Labute approximate surface area is 142 Å². The molecule has 0 aromatic heterocycles. The van der Waals surface area contributed by atoms with E-state index in [1.54, 1.807) is 12.1 Å². The molecule has 1 aromatic rings. The molecule has 3 N–H and O–H groups in total. The molecule has 0 spiro atoms. The summed E-state index contributed by atoms with van der Waals surface area (Å²) in [6.07, 6.45) is 1.47. The van der Waals surface area contributed by atoms with E-state index in [0.29, 0.717) is 5.02 Å². The van der Waals surface area contributed by atoms with Gasteiger partial charge in [0, 0.05) is 5.02 Å². The first-order valence-corrected chi connectivity index (χ1v) is 8.27. The molecule has 0 aliphatic carbocycles. The van der Waals surface area contributed by atoms with E-state index in [4.69, 9.17) is 11.6 Å². The molecule has 1 amide bonds. The van der Waals surface area contributed by atoms with Gasteiger partial charge in [0.05, 0.1) is 12.6 Å². The Hall–Kier alpha value is -1.59. The van der Waals surface area contributed by atoms with E-state index in [1.807, 2.05) is 32.9 Å². The summed E-state index contributed by atoms with van der Waals surface area (Å²) in [5.74, 6) is -1.20. The Morgan fingerprint density at radius 1 is 1.17 bits per heavy atom. The van der Waals surface area contributed by atoms with Crippen molar-refractivity contribution in [2.45, 2.75) is 45.7 Å². The smallest absolute Gasteiger partial charge is 0.320 e. The largest absolute Gasteiger partial charge is 0.480 e. The molecule has 0 saturated heterocycles. The van der Waals surface area contributed by atoms with Crippen molar-refractivity contribution in [3.05, 3.63) is 34.9 Å². The molecule has 128 valence electrons. The summed E-state index contributed by atoms with van der Waals surface area (Å²) in [7, 11) is 0. The van der Waals surface area contributed by atoms with Crippen molar-refractivity contribution in [3.8, 4) is 0 Å². The number of rotatable bonds is 9. The summed E-state index contributed by atoms with van der Waals surface area (Å²) in [5.41, 5.74) is 0.974. The van der Waals surface area contributed by atoms with Gasteiger partial charge in [-0.2, -0.15) is 0 Å². The molecule has 0 fully saturated rings. The van der Waals surface area contributed by atoms with Crippen molar-refractivity contribution < 1.29 is 14.7 Å². The highest BCUT2D eigenvalue weighted by molar-refractivity contribution is 6.30. The molecule has 6 heteroatoms. The van der Waals surface area contributed by atoms with Gasteiger partial charge in [0.15, 0.2) is 0 Å². The molecule has 1 rings (SSSR count). The van der Waals surface area contributed by atoms with Crippen LogP contribution < -0.4 is 10.6 Å². The molecule has 1 aromatic carbocycles. The highest BCUT2D eigenvalue weighted by Crippen LogP contribution is 2.19. The molecule has 1 unspecified atom stereocenters. The third kappa shape index (κ3) is 6.20. The van der Waals surface area contributed by atoms with Gasteiger partial charge >= 0.3 is 5.97 Å². The first-order valence-electron chi connectivity index (χ1n) is 7.90. The van der Waals surface area contributed by atoms with Gasteiger partial charge in [-0.3, -0.25) is 14.9 Å². The predicted octanol–water partition coefficient (Wildman–Crippen LogP) is 3.00. The normalized spacial score (nSPS) is 14.8. The number of carboxylic acids is 1. The van der Waals surface area contributed by atoms with Crippen LogP contribution in [-0.2, 0) is 9.59 Å². The van der Waals surface area contributed by atoms with Gasteiger partial charge in [-0.05, 0) is 30.0 Å². The second-order valence-corrected chi connectivity index (χ2v) is 6.10. The van der Waals surface area contributed by atoms with E-state index in [9.17, 15) is 14.7 Å². The van der Waals surface area contributed by atoms with Crippen molar-refractivity contribution in [1.29, 1.82) is 0 Å². The Bertz CT molecular complexity index is 519. The van der Waals surface area contributed by atoms with Crippen molar-refractivity contribution in [3.63, 3.8) is 0 Å². The van der Waals surface area contributed by atoms with Crippen molar-refractivity contribution in [2.24, 2.45) is 5.92 Å². The summed E-state index contributed by atoms with van der Waals surface area (Å²) in [6.45, 7) is 5.74. The standard InChI is InChI=1S/C17H25ClN2O3/c1-4-11(3)16(17(22)23)19-10-15(21)20-14(5-2)12-6-8-13(18)9-7-12/h6-9,11,14,16,19H,4-5,10H2,1-3H3,(H,20,21)(H,22,23)/t11-,14?,16-/m0/s1. The number of hydrogen-bond acceptors (Lipinski definition) is 3. The van der Waals surface area contributed by atoms with E-state index in [2.05, 4.69) is 10.6 Å². The maximum absolute atomic E-state index is 12.1. The van der Waals surface area contributed by atoms with Crippen LogP contribution in [0, 0.1) is 5.92 Å². The fourth-order valence-electron chi connectivity index (χ4n) is 2.33. The van der Waals surface area contributed by atoms with Crippen LogP contribution >= 0.6 is 11.6 Å². The van der Waals surface area contributed by atoms with E-state index < -0.39 is 12.0 Å². The number of aliphatic carboxylic acids is 1. The molecule has 0 radical (unpaired) electrons. The summed E-state index contributed by atoms with van der Waals surface area (Å²) in [6, 6.07) is 6.49. The first-order chi connectivity index (χ1) is 10.9. The Morgan fingerprint density at radius 3 is 2.26 bits per heavy atom. The van der Waals surface area contributed by atoms with Gasteiger partial charge in [0.2, 0.25) is 5.91 Å². The summed E-state index contributed by atoms with van der Waals surface area (Å²) < 4.78 is 0. The van der Waals surface area contributed by atoms with Crippen molar-refractivity contribution >= 4 is 23.5 Å². The van der Waals surface area contributed by atoms with Crippen LogP contribution in [0.1, 0.15) is 45.2 Å². The summed E-state index contributed by atoms with van der Waals surface area (Å²) in [4.78, 5) is 23.3. The molecule has 0 aliphatic rings. The second-order valence-electron chi connectivity index (χ2n) is 5.66. The third-order valence-electron chi connectivity index (χ3n) is 3.98. The van der Waals surface area contributed by atoms with E-state index >= 15 is 0 Å². The number of halogens is 1. The van der Waals surface area contributed by atoms with E-state index in [1.165, 1.54) is 0 Å². The maximum atomic E-state index is 12.1. The number of carbonyl (C=O) groups is 2. The van der Waals surface area contributed by atoms with Crippen LogP contribution in [0.4, 0.5) is 0 Å². The quantitative estimate of drug-likeness (QED) is 0.645. The van der Waals surface area contributed by atoms with Crippen LogP contribution in [0.15, 0.2) is 24.3 Å². The molecule has 0 bridgehead atoms. The van der Waals surface area contributed by atoms with E-state index in [0.717, 1.165) is 18.4 Å².